The maximum atomic E-state index is 12.3. The summed E-state index contributed by atoms with van der Waals surface area (Å²) in [7, 11) is 2.05. The summed E-state index contributed by atoms with van der Waals surface area (Å²) in [5.74, 6) is 1.29. The molecule has 0 saturated carbocycles. The van der Waals surface area contributed by atoms with Gasteiger partial charge in [0.1, 0.15) is 13.2 Å². The maximum absolute atomic E-state index is 12.3. The van der Waals surface area contributed by atoms with Gasteiger partial charge in [-0.05, 0) is 25.2 Å². The number of ketones is 1. The van der Waals surface area contributed by atoms with Crippen molar-refractivity contribution in [2.75, 3.05) is 46.4 Å². The molecule has 0 atom stereocenters. The summed E-state index contributed by atoms with van der Waals surface area (Å²) in [4.78, 5) is 28.5. The lowest BCUT2D eigenvalue weighted by Gasteiger charge is -2.32. The fourth-order valence-corrected chi connectivity index (χ4v) is 2.80. The molecule has 0 bridgehead atoms. The molecule has 0 spiro atoms. The Bertz CT molecular complexity index is 594. The Hall–Kier alpha value is -2.08. The highest BCUT2D eigenvalue weighted by molar-refractivity contribution is 5.98. The van der Waals surface area contributed by atoms with Crippen molar-refractivity contribution in [1.82, 2.24) is 9.80 Å². The zero-order valence-electron chi connectivity index (χ0n) is 13.4. The second-order valence-corrected chi connectivity index (χ2v) is 5.97. The number of piperazine rings is 1. The van der Waals surface area contributed by atoms with Crippen molar-refractivity contribution in [2.45, 2.75) is 12.8 Å². The summed E-state index contributed by atoms with van der Waals surface area (Å²) in [5.41, 5.74) is 0.570. The van der Waals surface area contributed by atoms with Gasteiger partial charge in [-0.25, -0.2) is 0 Å². The quantitative estimate of drug-likeness (QED) is 0.781. The van der Waals surface area contributed by atoms with Crippen molar-refractivity contribution >= 4 is 11.7 Å². The Balaban J connectivity index is 1.54. The van der Waals surface area contributed by atoms with E-state index in [1.807, 2.05) is 11.9 Å². The van der Waals surface area contributed by atoms with Crippen molar-refractivity contribution < 1.29 is 19.1 Å². The van der Waals surface area contributed by atoms with Crippen LogP contribution in [0.1, 0.15) is 23.2 Å². The first-order valence-corrected chi connectivity index (χ1v) is 8.02. The Morgan fingerprint density at radius 1 is 1.00 bits per heavy atom. The van der Waals surface area contributed by atoms with E-state index in [0.29, 0.717) is 30.3 Å². The zero-order chi connectivity index (χ0) is 16.2. The molecule has 1 fully saturated rings. The monoisotopic (exact) mass is 318 g/mol. The fourth-order valence-electron chi connectivity index (χ4n) is 2.80. The molecule has 124 valence electrons. The number of likely N-dealkylation sites (N-methyl/N-ethyl adjacent to an activating group) is 1. The third-order valence-corrected chi connectivity index (χ3v) is 4.29. The molecule has 3 rings (SSSR count). The third kappa shape index (κ3) is 3.82. The number of amides is 1. The minimum Gasteiger partial charge on any atom is -0.486 e. The Morgan fingerprint density at radius 3 is 2.43 bits per heavy atom. The zero-order valence-corrected chi connectivity index (χ0v) is 13.4. The molecule has 1 saturated heterocycles. The summed E-state index contributed by atoms with van der Waals surface area (Å²) >= 11 is 0. The lowest BCUT2D eigenvalue weighted by molar-refractivity contribution is -0.132. The lowest BCUT2D eigenvalue weighted by atomic mass is 10.1. The number of carbonyl (C=O) groups is 2. The van der Waals surface area contributed by atoms with Crippen LogP contribution >= 0.6 is 0 Å². The minimum absolute atomic E-state index is 0.0375. The van der Waals surface area contributed by atoms with Crippen LogP contribution in [0.4, 0.5) is 0 Å². The number of carbonyl (C=O) groups excluding carboxylic acids is 2. The maximum Gasteiger partial charge on any atom is 0.223 e. The highest BCUT2D eigenvalue weighted by Gasteiger charge is 2.20. The summed E-state index contributed by atoms with van der Waals surface area (Å²) < 4.78 is 10.9. The molecule has 1 aromatic carbocycles. The van der Waals surface area contributed by atoms with Crippen LogP contribution in [0.2, 0.25) is 0 Å². The van der Waals surface area contributed by atoms with Crippen LogP contribution in [0.25, 0.3) is 0 Å². The normalized spacial score (nSPS) is 17.9. The second kappa shape index (κ2) is 7.00. The summed E-state index contributed by atoms with van der Waals surface area (Å²) in [6.07, 6.45) is 0.488. The van der Waals surface area contributed by atoms with E-state index < -0.39 is 0 Å². The van der Waals surface area contributed by atoms with Crippen LogP contribution < -0.4 is 9.47 Å². The topological polar surface area (TPSA) is 59.1 Å². The molecule has 2 heterocycles. The SMILES string of the molecule is CN1CCN(C(=O)CCC(=O)c2ccc3c(c2)OCCO3)CC1. The number of hydrogen-bond acceptors (Lipinski definition) is 5. The van der Waals surface area contributed by atoms with Gasteiger partial charge in [0, 0.05) is 44.6 Å². The Morgan fingerprint density at radius 2 is 1.70 bits per heavy atom. The summed E-state index contributed by atoms with van der Waals surface area (Å²) in [6, 6.07) is 5.19. The first kappa shape index (κ1) is 15.8. The van der Waals surface area contributed by atoms with E-state index in [9.17, 15) is 9.59 Å². The molecule has 0 N–H and O–H groups in total. The van der Waals surface area contributed by atoms with E-state index in [2.05, 4.69) is 4.90 Å². The number of Topliss-reactive ketones (excluding diaryl/α,β-unsaturated/α-hetero) is 1. The van der Waals surface area contributed by atoms with Gasteiger partial charge >= 0.3 is 0 Å². The van der Waals surface area contributed by atoms with Gasteiger partial charge in [0.25, 0.3) is 0 Å². The third-order valence-electron chi connectivity index (χ3n) is 4.29. The van der Waals surface area contributed by atoms with E-state index >= 15 is 0 Å². The summed E-state index contributed by atoms with van der Waals surface area (Å²) in [5, 5.41) is 0. The van der Waals surface area contributed by atoms with Crippen molar-refractivity contribution in [3.05, 3.63) is 23.8 Å². The molecule has 0 unspecified atom stereocenters. The molecule has 1 aromatic rings. The molecule has 6 heteroatoms. The van der Waals surface area contributed by atoms with Gasteiger partial charge in [-0.1, -0.05) is 0 Å². The molecule has 0 radical (unpaired) electrons. The predicted octanol–water partition coefficient (Wildman–Crippen LogP) is 1.19. The van der Waals surface area contributed by atoms with Crippen LogP contribution in [0, 0.1) is 0 Å². The molecule has 6 nitrogen and oxygen atoms in total. The second-order valence-electron chi connectivity index (χ2n) is 5.97. The average molecular weight is 318 g/mol. The molecule has 2 aliphatic rings. The van der Waals surface area contributed by atoms with Crippen LogP contribution in [-0.2, 0) is 4.79 Å². The number of benzene rings is 1. The number of nitrogens with zero attached hydrogens (tertiary/aromatic N) is 2. The first-order valence-electron chi connectivity index (χ1n) is 8.02. The number of rotatable bonds is 4. The molecular weight excluding hydrogens is 296 g/mol. The molecule has 0 aliphatic carbocycles. The van der Waals surface area contributed by atoms with E-state index in [0.717, 1.165) is 26.2 Å². The fraction of sp³-hybridized carbons (Fsp3) is 0.529. The van der Waals surface area contributed by atoms with Crippen molar-refractivity contribution in [3.8, 4) is 11.5 Å². The van der Waals surface area contributed by atoms with E-state index in [1.165, 1.54) is 0 Å². The lowest BCUT2D eigenvalue weighted by Crippen LogP contribution is -2.47. The standard InChI is InChI=1S/C17H22N2O4/c1-18-6-8-19(9-7-18)17(21)5-3-14(20)13-2-4-15-16(12-13)23-11-10-22-15/h2,4,12H,3,5-11H2,1H3. The smallest absolute Gasteiger partial charge is 0.223 e. The molecule has 1 amide bonds. The number of ether oxygens (including phenoxy) is 2. The van der Waals surface area contributed by atoms with Crippen LogP contribution in [-0.4, -0.2) is 67.9 Å². The van der Waals surface area contributed by atoms with Crippen molar-refractivity contribution in [2.24, 2.45) is 0 Å². The predicted molar refractivity (Wildman–Crippen MR) is 85.1 cm³/mol. The van der Waals surface area contributed by atoms with Crippen LogP contribution in [0.5, 0.6) is 11.5 Å². The van der Waals surface area contributed by atoms with Crippen molar-refractivity contribution in [1.29, 1.82) is 0 Å². The highest BCUT2D eigenvalue weighted by atomic mass is 16.6. The van der Waals surface area contributed by atoms with Crippen LogP contribution in [0.15, 0.2) is 18.2 Å². The van der Waals surface area contributed by atoms with Gasteiger partial charge < -0.3 is 19.3 Å². The largest absolute Gasteiger partial charge is 0.486 e. The highest BCUT2D eigenvalue weighted by Crippen LogP contribution is 2.31. The number of fused-ring (bicyclic) bond motifs is 1. The Kier molecular flexibility index (Phi) is 4.81. The van der Waals surface area contributed by atoms with Crippen molar-refractivity contribution in [3.63, 3.8) is 0 Å². The first-order chi connectivity index (χ1) is 11.1. The molecular formula is C17H22N2O4. The Labute approximate surface area is 136 Å². The summed E-state index contributed by atoms with van der Waals surface area (Å²) in [6.45, 7) is 4.29. The van der Waals surface area contributed by atoms with E-state index in [-0.39, 0.29) is 24.5 Å². The van der Waals surface area contributed by atoms with E-state index in [1.54, 1.807) is 18.2 Å². The molecule has 0 aromatic heterocycles. The van der Waals surface area contributed by atoms with Gasteiger partial charge in [0.15, 0.2) is 17.3 Å². The van der Waals surface area contributed by atoms with Gasteiger partial charge in [-0.2, -0.15) is 0 Å². The van der Waals surface area contributed by atoms with Crippen LogP contribution in [0.3, 0.4) is 0 Å². The van der Waals surface area contributed by atoms with Gasteiger partial charge in [-0.3, -0.25) is 9.59 Å². The van der Waals surface area contributed by atoms with Gasteiger partial charge in [0.05, 0.1) is 0 Å². The molecule has 23 heavy (non-hydrogen) atoms. The number of hydrogen-bond donors (Lipinski definition) is 0. The molecule has 2 aliphatic heterocycles. The van der Waals surface area contributed by atoms with Gasteiger partial charge in [0.2, 0.25) is 5.91 Å². The minimum atomic E-state index is -0.0375. The average Bonchev–Trinajstić information content (AvgIpc) is 2.59. The van der Waals surface area contributed by atoms with E-state index in [4.69, 9.17) is 9.47 Å². The van der Waals surface area contributed by atoms with Gasteiger partial charge in [-0.15, -0.1) is 0 Å².